The molecule has 2 atom stereocenters. The second kappa shape index (κ2) is 9.46. The van der Waals surface area contributed by atoms with Crippen LogP contribution in [0.5, 0.6) is 0 Å². The van der Waals surface area contributed by atoms with Gasteiger partial charge in [0, 0.05) is 25.6 Å². The van der Waals surface area contributed by atoms with Crippen LogP contribution in [0.25, 0.3) is 0 Å². The van der Waals surface area contributed by atoms with E-state index >= 15 is 0 Å². The van der Waals surface area contributed by atoms with Gasteiger partial charge in [0.05, 0.1) is 6.10 Å². The minimum Gasteiger partial charge on any atom is -0.393 e. The van der Waals surface area contributed by atoms with Crippen LogP contribution in [0.1, 0.15) is 38.2 Å². The Labute approximate surface area is 134 Å². The van der Waals surface area contributed by atoms with Gasteiger partial charge in [-0.3, -0.25) is 4.99 Å². The zero-order valence-corrected chi connectivity index (χ0v) is 13.6. The van der Waals surface area contributed by atoms with Crippen molar-refractivity contribution in [3.8, 4) is 0 Å². The highest BCUT2D eigenvalue weighted by Crippen LogP contribution is 2.25. The van der Waals surface area contributed by atoms with Crippen LogP contribution < -0.4 is 10.6 Å². The normalized spacial score (nSPS) is 21.8. The lowest BCUT2D eigenvalue weighted by Gasteiger charge is -2.15. The van der Waals surface area contributed by atoms with Gasteiger partial charge in [0.2, 0.25) is 0 Å². The Hall–Kier alpha value is -1.55. The summed E-state index contributed by atoms with van der Waals surface area (Å²) < 4.78 is 0. The highest BCUT2D eigenvalue weighted by Gasteiger charge is 2.24. The first-order valence-corrected chi connectivity index (χ1v) is 8.53. The lowest BCUT2D eigenvalue weighted by atomic mass is 10.1. The van der Waals surface area contributed by atoms with Crippen LogP contribution in [0.4, 0.5) is 0 Å². The van der Waals surface area contributed by atoms with Crippen molar-refractivity contribution in [1.29, 1.82) is 0 Å². The Morgan fingerprint density at radius 1 is 1.23 bits per heavy atom. The molecule has 2 unspecified atom stereocenters. The topological polar surface area (TPSA) is 56.7 Å². The Kier molecular flexibility index (Phi) is 7.23. The van der Waals surface area contributed by atoms with E-state index in [1.165, 1.54) is 5.56 Å². The van der Waals surface area contributed by atoms with Crippen molar-refractivity contribution in [1.82, 2.24) is 10.6 Å². The van der Waals surface area contributed by atoms with E-state index in [4.69, 9.17) is 0 Å². The highest BCUT2D eigenvalue weighted by atomic mass is 16.3. The summed E-state index contributed by atoms with van der Waals surface area (Å²) in [6.07, 6.45) is 5.15. The fourth-order valence-corrected chi connectivity index (χ4v) is 2.92. The Morgan fingerprint density at radius 2 is 2.05 bits per heavy atom. The molecule has 22 heavy (non-hydrogen) atoms. The summed E-state index contributed by atoms with van der Waals surface area (Å²) in [4.78, 5) is 4.62. The van der Waals surface area contributed by atoms with Gasteiger partial charge in [0.15, 0.2) is 5.96 Å². The minimum absolute atomic E-state index is 0.162. The Morgan fingerprint density at radius 3 is 2.73 bits per heavy atom. The molecule has 0 aliphatic heterocycles. The number of benzene rings is 1. The van der Waals surface area contributed by atoms with E-state index in [2.05, 4.69) is 52.9 Å². The smallest absolute Gasteiger partial charge is 0.191 e. The monoisotopic (exact) mass is 303 g/mol. The molecule has 1 aromatic carbocycles. The molecule has 0 heterocycles. The van der Waals surface area contributed by atoms with Gasteiger partial charge in [-0.2, -0.15) is 0 Å². The molecule has 0 radical (unpaired) electrons. The quantitative estimate of drug-likeness (QED) is 0.412. The minimum atomic E-state index is -0.162. The van der Waals surface area contributed by atoms with Crippen LogP contribution >= 0.6 is 0 Å². The van der Waals surface area contributed by atoms with Gasteiger partial charge < -0.3 is 15.7 Å². The molecule has 4 heteroatoms. The van der Waals surface area contributed by atoms with E-state index in [9.17, 15) is 5.11 Å². The average Bonchev–Trinajstić information content (AvgIpc) is 2.95. The number of aryl methyl sites for hydroxylation is 1. The maximum atomic E-state index is 9.86. The third-order valence-electron chi connectivity index (χ3n) is 4.22. The van der Waals surface area contributed by atoms with E-state index in [0.717, 1.165) is 57.7 Å². The zero-order valence-electron chi connectivity index (χ0n) is 13.6. The summed E-state index contributed by atoms with van der Waals surface area (Å²) >= 11 is 0. The Balaban J connectivity index is 1.71. The van der Waals surface area contributed by atoms with Gasteiger partial charge in [0.1, 0.15) is 0 Å². The molecule has 4 nitrogen and oxygen atoms in total. The largest absolute Gasteiger partial charge is 0.393 e. The fourth-order valence-electron chi connectivity index (χ4n) is 2.92. The van der Waals surface area contributed by atoms with Crippen LogP contribution in [-0.2, 0) is 6.42 Å². The number of hydrogen-bond acceptors (Lipinski definition) is 2. The van der Waals surface area contributed by atoms with E-state index in [1.807, 2.05) is 0 Å². The van der Waals surface area contributed by atoms with Crippen LogP contribution in [0.3, 0.4) is 0 Å². The summed E-state index contributed by atoms with van der Waals surface area (Å²) in [6, 6.07) is 10.6. The molecule has 3 N–H and O–H groups in total. The molecule has 1 aromatic rings. The molecular weight excluding hydrogens is 274 g/mol. The average molecular weight is 303 g/mol. The second-order valence-corrected chi connectivity index (χ2v) is 5.99. The molecule has 1 fully saturated rings. The van der Waals surface area contributed by atoms with Crippen LogP contribution in [0.2, 0.25) is 0 Å². The van der Waals surface area contributed by atoms with E-state index < -0.39 is 0 Å². The molecule has 2 rings (SSSR count). The standard InChI is InChI=1S/C18H29N3O/c1-2-19-18(21-14-16-11-6-12-17(16)22)20-13-7-10-15-8-4-3-5-9-15/h3-5,8-9,16-17,22H,2,6-7,10-14H2,1H3,(H2,19,20,21). The predicted octanol–water partition coefficient (Wildman–Crippen LogP) is 2.34. The summed E-state index contributed by atoms with van der Waals surface area (Å²) in [5.41, 5.74) is 1.38. The molecule has 122 valence electrons. The molecule has 0 spiro atoms. The SMILES string of the molecule is CCNC(=NCC1CCCC1O)NCCCc1ccccc1. The van der Waals surface area contributed by atoms with Crippen LogP contribution in [-0.4, -0.2) is 36.8 Å². The number of aliphatic hydroxyl groups excluding tert-OH is 1. The maximum absolute atomic E-state index is 9.86. The lowest BCUT2D eigenvalue weighted by molar-refractivity contribution is 0.136. The number of aliphatic imine (C=N–C) groups is 1. The first-order valence-electron chi connectivity index (χ1n) is 8.53. The molecule has 0 amide bonds. The van der Waals surface area contributed by atoms with E-state index in [0.29, 0.717) is 5.92 Å². The van der Waals surface area contributed by atoms with Crippen molar-refractivity contribution in [3.63, 3.8) is 0 Å². The predicted molar refractivity (Wildman–Crippen MR) is 92.1 cm³/mol. The van der Waals surface area contributed by atoms with Gasteiger partial charge >= 0.3 is 0 Å². The molecule has 1 aliphatic carbocycles. The van der Waals surface area contributed by atoms with Crippen molar-refractivity contribution < 1.29 is 5.11 Å². The maximum Gasteiger partial charge on any atom is 0.191 e. The van der Waals surface area contributed by atoms with Crippen molar-refractivity contribution in [2.75, 3.05) is 19.6 Å². The third-order valence-corrected chi connectivity index (χ3v) is 4.22. The van der Waals surface area contributed by atoms with Gasteiger partial charge in [-0.05, 0) is 38.2 Å². The summed E-state index contributed by atoms with van der Waals surface area (Å²) in [7, 11) is 0. The van der Waals surface area contributed by atoms with Gasteiger partial charge in [-0.25, -0.2) is 0 Å². The molecular formula is C18H29N3O. The van der Waals surface area contributed by atoms with E-state index in [1.54, 1.807) is 0 Å². The molecule has 0 bridgehead atoms. The first-order chi connectivity index (χ1) is 10.8. The van der Waals surface area contributed by atoms with Crippen molar-refractivity contribution in [3.05, 3.63) is 35.9 Å². The number of guanidine groups is 1. The number of nitrogens with zero attached hydrogens (tertiary/aromatic N) is 1. The number of hydrogen-bond donors (Lipinski definition) is 3. The first kappa shape index (κ1) is 16.8. The number of rotatable bonds is 7. The van der Waals surface area contributed by atoms with Crippen molar-refractivity contribution in [2.24, 2.45) is 10.9 Å². The lowest BCUT2D eigenvalue weighted by Crippen LogP contribution is -2.38. The summed E-state index contributed by atoms with van der Waals surface area (Å²) in [5.74, 6) is 1.20. The fraction of sp³-hybridized carbons (Fsp3) is 0.611. The molecule has 0 saturated heterocycles. The summed E-state index contributed by atoms with van der Waals surface area (Å²) in [6.45, 7) is 4.56. The molecule has 1 saturated carbocycles. The highest BCUT2D eigenvalue weighted by molar-refractivity contribution is 5.79. The Bertz CT molecular complexity index is 447. The van der Waals surface area contributed by atoms with Crippen LogP contribution in [0.15, 0.2) is 35.3 Å². The zero-order chi connectivity index (χ0) is 15.6. The molecule has 0 aromatic heterocycles. The van der Waals surface area contributed by atoms with Gasteiger partial charge in [0.25, 0.3) is 0 Å². The third kappa shape index (κ3) is 5.68. The van der Waals surface area contributed by atoms with Gasteiger partial charge in [-0.15, -0.1) is 0 Å². The van der Waals surface area contributed by atoms with E-state index in [-0.39, 0.29) is 6.10 Å². The second-order valence-electron chi connectivity index (χ2n) is 5.99. The van der Waals surface area contributed by atoms with Gasteiger partial charge in [-0.1, -0.05) is 36.8 Å². The number of nitrogens with one attached hydrogen (secondary N) is 2. The van der Waals surface area contributed by atoms with Crippen molar-refractivity contribution >= 4 is 5.96 Å². The number of aliphatic hydroxyl groups is 1. The summed E-state index contributed by atoms with van der Waals surface area (Å²) in [5, 5.41) is 16.5. The van der Waals surface area contributed by atoms with Crippen LogP contribution in [0, 0.1) is 5.92 Å². The molecule has 1 aliphatic rings. The van der Waals surface area contributed by atoms with Crippen molar-refractivity contribution in [2.45, 2.75) is 45.1 Å².